The van der Waals surface area contributed by atoms with Crippen LogP contribution in [0.1, 0.15) is 25.5 Å². The summed E-state index contributed by atoms with van der Waals surface area (Å²) in [4.78, 5) is 31.2. The number of hydrogen-bond donors (Lipinski definition) is 2. The number of ether oxygens (including phenoxy) is 2. The summed E-state index contributed by atoms with van der Waals surface area (Å²) in [6.45, 7) is 2.21. The molecule has 0 saturated heterocycles. The number of hydrogen-bond acceptors (Lipinski definition) is 10. The monoisotopic (exact) mass is 500 g/mol. The number of aromatic nitrogens is 4. The van der Waals surface area contributed by atoms with E-state index in [2.05, 4.69) is 26.0 Å². The Morgan fingerprint density at radius 3 is 2.46 bits per heavy atom. The minimum Gasteiger partial charge on any atom is -0.497 e. The first-order valence-electron chi connectivity index (χ1n) is 11.5. The van der Waals surface area contributed by atoms with E-state index in [0.29, 0.717) is 46.3 Å². The van der Waals surface area contributed by atoms with Gasteiger partial charge in [-0.15, -0.1) is 0 Å². The fourth-order valence-electron chi connectivity index (χ4n) is 3.77. The maximum Gasteiger partial charge on any atom is 0.276 e. The minimum atomic E-state index is -0.378. The van der Waals surface area contributed by atoms with Crippen LogP contribution in [0.3, 0.4) is 0 Å². The van der Waals surface area contributed by atoms with Gasteiger partial charge in [0.25, 0.3) is 5.56 Å². The topological polar surface area (TPSA) is 167 Å². The van der Waals surface area contributed by atoms with E-state index in [0.717, 1.165) is 12.8 Å². The quantitative estimate of drug-likeness (QED) is 0.442. The maximum atomic E-state index is 13.0. The molecule has 0 spiro atoms. The molecule has 0 atom stereocenters. The van der Waals surface area contributed by atoms with Crippen LogP contribution in [0.4, 0.5) is 5.82 Å². The second-order valence-electron chi connectivity index (χ2n) is 8.86. The molecule has 11 heteroatoms. The zero-order valence-corrected chi connectivity index (χ0v) is 21.1. The van der Waals surface area contributed by atoms with Gasteiger partial charge in [0, 0.05) is 42.4 Å². The lowest BCUT2D eigenvalue weighted by molar-refractivity contribution is 0.394. The van der Waals surface area contributed by atoms with Crippen molar-refractivity contribution in [2.75, 3.05) is 26.5 Å². The number of methoxy groups -OCH3 is 2. The maximum absolute atomic E-state index is 13.0. The first-order valence-corrected chi connectivity index (χ1v) is 11.5. The van der Waals surface area contributed by atoms with E-state index in [1.807, 2.05) is 6.92 Å². The van der Waals surface area contributed by atoms with Crippen molar-refractivity contribution in [3.63, 3.8) is 0 Å². The third kappa shape index (κ3) is 5.13. The molecule has 1 saturated carbocycles. The van der Waals surface area contributed by atoms with Gasteiger partial charge in [-0.25, -0.2) is 15.0 Å². The Hall–Kier alpha value is -4.72. The number of nitriles is 1. The Morgan fingerprint density at radius 1 is 1.22 bits per heavy atom. The molecule has 37 heavy (non-hydrogen) atoms. The number of nitrogens with zero attached hydrogens (tertiary/aromatic N) is 6. The van der Waals surface area contributed by atoms with E-state index in [1.54, 1.807) is 31.4 Å². The normalized spacial score (nSPS) is 14.7. The van der Waals surface area contributed by atoms with Gasteiger partial charge in [-0.2, -0.15) is 5.26 Å². The molecule has 11 nitrogen and oxygen atoms in total. The second kappa shape index (κ2) is 10.1. The van der Waals surface area contributed by atoms with Crippen molar-refractivity contribution in [2.24, 2.45) is 23.2 Å². The van der Waals surface area contributed by atoms with E-state index in [-0.39, 0.29) is 28.2 Å². The van der Waals surface area contributed by atoms with E-state index in [4.69, 9.17) is 20.9 Å². The molecule has 2 aromatic heterocycles. The Labute approximate surface area is 214 Å². The number of allylic oxidation sites excluding steroid dienone is 1. The highest BCUT2D eigenvalue weighted by atomic mass is 16.5. The molecule has 4 rings (SSSR count). The molecule has 0 bridgehead atoms. The highest BCUT2D eigenvalue weighted by molar-refractivity contribution is 6.22. The number of aryl methyl sites for hydroxylation is 1. The van der Waals surface area contributed by atoms with Crippen molar-refractivity contribution in [1.82, 2.24) is 19.5 Å². The molecule has 0 unspecified atom stereocenters. The highest BCUT2D eigenvalue weighted by Gasteiger charge is 2.43. The molecule has 1 fully saturated rings. The molecule has 2 heterocycles. The van der Waals surface area contributed by atoms with E-state index in [1.165, 1.54) is 31.2 Å². The van der Waals surface area contributed by atoms with Gasteiger partial charge in [0.2, 0.25) is 0 Å². The summed E-state index contributed by atoms with van der Waals surface area (Å²) in [6, 6.07) is 7.43. The molecule has 3 aromatic rings. The molecule has 1 aromatic carbocycles. The Bertz CT molecular complexity index is 1490. The summed E-state index contributed by atoms with van der Waals surface area (Å²) in [7, 11) is 4.68. The SMILES string of the molecule is COc1cc(OC)cc(-c2nc(-c3nc(C(=CN)C(C)=NCC4(C#N)CC4)cnc3N)cn(C)c2=O)c1. The van der Waals surface area contributed by atoms with Crippen LogP contribution in [0.2, 0.25) is 0 Å². The summed E-state index contributed by atoms with van der Waals surface area (Å²) in [5, 5.41) is 9.34. The van der Waals surface area contributed by atoms with Crippen molar-refractivity contribution in [3.8, 4) is 40.2 Å². The predicted molar refractivity (Wildman–Crippen MR) is 141 cm³/mol. The van der Waals surface area contributed by atoms with Gasteiger partial charge in [-0.1, -0.05) is 0 Å². The molecule has 1 aliphatic rings. The van der Waals surface area contributed by atoms with Crippen molar-refractivity contribution in [1.29, 1.82) is 5.26 Å². The summed E-state index contributed by atoms with van der Waals surface area (Å²) in [6.07, 6.45) is 6.13. The second-order valence-corrected chi connectivity index (χ2v) is 8.86. The largest absolute Gasteiger partial charge is 0.497 e. The number of nitrogen functional groups attached to an aromatic ring is 1. The molecule has 0 aliphatic heterocycles. The Balaban J connectivity index is 1.78. The van der Waals surface area contributed by atoms with Crippen molar-refractivity contribution >= 4 is 17.1 Å². The Kier molecular flexibility index (Phi) is 6.93. The highest BCUT2D eigenvalue weighted by Crippen LogP contribution is 2.45. The van der Waals surface area contributed by atoms with Crippen LogP contribution >= 0.6 is 0 Å². The lowest BCUT2D eigenvalue weighted by Gasteiger charge is -2.13. The minimum absolute atomic E-state index is 0.136. The Morgan fingerprint density at radius 2 is 1.89 bits per heavy atom. The van der Waals surface area contributed by atoms with Crippen molar-refractivity contribution < 1.29 is 9.47 Å². The molecule has 0 radical (unpaired) electrons. The van der Waals surface area contributed by atoms with Gasteiger partial charge in [-0.05, 0) is 31.9 Å². The molecular formula is C26H28N8O3. The van der Waals surface area contributed by atoms with Gasteiger partial charge >= 0.3 is 0 Å². The summed E-state index contributed by atoms with van der Waals surface area (Å²) in [5.74, 6) is 1.17. The van der Waals surface area contributed by atoms with E-state index >= 15 is 0 Å². The van der Waals surface area contributed by atoms with Crippen LogP contribution in [0.15, 0.2) is 46.6 Å². The molecule has 4 N–H and O–H groups in total. The number of aliphatic imine (C=N–C) groups is 1. The van der Waals surface area contributed by atoms with Crippen LogP contribution in [-0.2, 0) is 7.05 Å². The number of anilines is 1. The van der Waals surface area contributed by atoms with Crippen LogP contribution in [-0.4, -0.2) is 46.0 Å². The van der Waals surface area contributed by atoms with Crippen LogP contribution in [0, 0.1) is 16.7 Å². The standard InChI is InChI=1S/C26H28N8O3/c1-15(31-14-26(13-28)5-6-26)19(10-27)20-11-30-24(29)23(32-20)21-12-34(2)25(35)22(33-21)16-7-17(36-3)9-18(8-16)37-4/h7-12H,5-6,14,27H2,1-4H3,(H2,29,30). The van der Waals surface area contributed by atoms with Crippen LogP contribution in [0.25, 0.3) is 28.2 Å². The number of nitrogens with two attached hydrogens (primary N) is 2. The first-order chi connectivity index (χ1) is 17.7. The third-order valence-corrected chi connectivity index (χ3v) is 6.28. The lowest BCUT2D eigenvalue weighted by atomic mass is 10.1. The zero-order chi connectivity index (χ0) is 26.7. The summed E-state index contributed by atoms with van der Waals surface area (Å²) >= 11 is 0. The van der Waals surface area contributed by atoms with Gasteiger partial charge < -0.3 is 25.5 Å². The smallest absolute Gasteiger partial charge is 0.276 e. The average Bonchev–Trinajstić information content (AvgIpc) is 3.70. The number of benzene rings is 1. The summed E-state index contributed by atoms with van der Waals surface area (Å²) < 4.78 is 12.1. The number of rotatable bonds is 8. The van der Waals surface area contributed by atoms with Gasteiger partial charge in [0.1, 0.15) is 28.6 Å². The molecular weight excluding hydrogens is 472 g/mol. The van der Waals surface area contributed by atoms with E-state index < -0.39 is 0 Å². The zero-order valence-electron chi connectivity index (χ0n) is 21.1. The van der Waals surface area contributed by atoms with Crippen LogP contribution in [0.5, 0.6) is 11.5 Å². The lowest BCUT2D eigenvalue weighted by Crippen LogP contribution is -2.21. The van der Waals surface area contributed by atoms with Crippen molar-refractivity contribution in [2.45, 2.75) is 19.8 Å². The molecule has 190 valence electrons. The van der Waals surface area contributed by atoms with Crippen molar-refractivity contribution in [3.05, 3.63) is 52.8 Å². The van der Waals surface area contributed by atoms with E-state index in [9.17, 15) is 10.1 Å². The molecule has 1 aliphatic carbocycles. The summed E-state index contributed by atoms with van der Waals surface area (Å²) in [5.41, 5.74) is 14.4. The van der Waals surface area contributed by atoms with Gasteiger partial charge in [0.15, 0.2) is 5.82 Å². The fourth-order valence-corrected chi connectivity index (χ4v) is 3.77. The predicted octanol–water partition coefficient (Wildman–Crippen LogP) is 2.57. The first kappa shape index (κ1) is 25.4. The van der Waals surface area contributed by atoms with Gasteiger partial charge in [-0.3, -0.25) is 9.79 Å². The molecule has 0 amide bonds. The average molecular weight is 501 g/mol. The van der Waals surface area contributed by atoms with Crippen LogP contribution < -0.4 is 26.5 Å². The van der Waals surface area contributed by atoms with Gasteiger partial charge in [0.05, 0.1) is 44.1 Å². The third-order valence-electron chi connectivity index (χ3n) is 6.28. The fraction of sp³-hybridized carbons (Fsp3) is 0.308.